The van der Waals surface area contributed by atoms with Gasteiger partial charge in [-0.1, -0.05) is 0 Å². The molecule has 3 fully saturated rings. The predicted octanol–water partition coefficient (Wildman–Crippen LogP) is 2.59. The van der Waals surface area contributed by atoms with Crippen molar-refractivity contribution in [2.45, 2.75) is 56.3 Å². The summed E-state index contributed by atoms with van der Waals surface area (Å²) in [4.78, 5) is 17.8. The van der Waals surface area contributed by atoms with E-state index in [0.29, 0.717) is 5.69 Å². The molecular weight excluding hydrogens is 292 g/mol. The summed E-state index contributed by atoms with van der Waals surface area (Å²) in [5.74, 6) is 0.867. The van der Waals surface area contributed by atoms with Gasteiger partial charge in [0.2, 0.25) is 0 Å². The van der Waals surface area contributed by atoms with Crippen LogP contribution in [0.25, 0.3) is 0 Å². The molecular formula is C18H26N2O3. The molecule has 1 saturated heterocycles. The maximum atomic E-state index is 12.8. The van der Waals surface area contributed by atoms with Crippen molar-refractivity contribution in [2.75, 3.05) is 20.3 Å². The Kier molecular flexibility index (Phi) is 3.93. The molecule has 1 amide bonds. The lowest BCUT2D eigenvalue weighted by molar-refractivity contribution is -0.0977. The molecule has 5 nitrogen and oxygen atoms in total. The van der Waals surface area contributed by atoms with Gasteiger partial charge in [-0.15, -0.1) is 0 Å². The Balaban J connectivity index is 1.48. The smallest absolute Gasteiger partial charge is 0.270 e. The molecule has 1 aromatic heterocycles. The molecule has 23 heavy (non-hydrogen) atoms. The number of rotatable bonds is 5. The number of ether oxygens (including phenoxy) is 2. The van der Waals surface area contributed by atoms with Crippen LogP contribution in [0.2, 0.25) is 0 Å². The highest BCUT2D eigenvalue weighted by molar-refractivity contribution is 5.93. The number of hydrogen-bond acceptors (Lipinski definition) is 3. The third-order valence-corrected chi connectivity index (χ3v) is 5.90. The Labute approximate surface area is 137 Å². The summed E-state index contributed by atoms with van der Waals surface area (Å²) in [6.07, 6.45) is 8.55. The zero-order valence-electron chi connectivity index (χ0n) is 13.8. The second-order valence-electron chi connectivity index (χ2n) is 7.29. The fraction of sp³-hybridized carbons (Fsp3) is 0.722. The minimum absolute atomic E-state index is 0.0850. The van der Waals surface area contributed by atoms with Crippen molar-refractivity contribution in [1.82, 2.24) is 9.88 Å². The molecule has 4 rings (SSSR count). The van der Waals surface area contributed by atoms with E-state index in [1.807, 2.05) is 17.0 Å². The first kappa shape index (κ1) is 15.2. The quantitative estimate of drug-likeness (QED) is 0.908. The van der Waals surface area contributed by atoms with E-state index in [4.69, 9.17) is 9.47 Å². The lowest BCUT2D eigenvalue weighted by atomic mass is 9.79. The first-order chi connectivity index (χ1) is 11.2. The third-order valence-electron chi connectivity index (χ3n) is 5.90. The van der Waals surface area contributed by atoms with E-state index in [1.165, 1.54) is 12.8 Å². The van der Waals surface area contributed by atoms with Crippen LogP contribution in [0, 0.1) is 5.92 Å². The molecule has 3 aliphatic rings. The van der Waals surface area contributed by atoms with Crippen LogP contribution in [0.3, 0.4) is 0 Å². The first-order valence-electron chi connectivity index (χ1n) is 8.83. The molecule has 2 saturated carbocycles. The number of nitrogens with one attached hydrogen (secondary N) is 1. The Morgan fingerprint density at radius 3 is 2.96 bits per heavy atom. The summed E-state index contributed by atoms with van der Waals surface area (Å²) >= 11 is 0. The van der Waals surface area contributed by atoms with Crippen LogP contribution in [-0.4, -0.2) is 53.8 Å². The van der Waals surface area contributed by atoms with Gasteiger partial charge in [0.15, 0.2) is 0 Å². The van der Waals surface area contributed by atoms with Gasteiger partial charge in [-0.3, -0.25) is 4.79 Å². The van der Waals surface area contributed by atoms with Crippen molar-refractivity contribution >= 4 is 5.91 Å². The average Bonchev–Trinajstić information content (AvgIpc) is 3.11. The SMILES string of the molecule is CO[C@@]12CC[C@H](OCC3CC3)C[C@@H]1N(C(=O)c1ccc[nH]1)CC2. The van der Waals surface area contributed by atoms with E-state index in [0.717, 1.165) is 44.8 Å². The number of methoxy groups -OCH3 is 1. The average molecular weight is 318 g/mol. The van der Waals surface area contributed by atoms with E-state index < -0.39 is 0 Å². The highest BCUT2D eigenvalue weighted by atomic mass is 16.5. The highest BCUT2D eigenvalue weighted by Gasteiger charge is 2.53. The Bertz CT molecular complexity index is 555. The number of likely N-dealkylation sites (tertiary alicyclic amines) is 1. The molecule has 1 N–H and O–H groups in total. The lowest BCUT2D eigenvalue weighted by Gasteiger charge is -2.43. The molecule has 1 aliphatic heterocycles. The molecule has 3 atom stereocenters. The van der Waals surface area contributed by atoms with Gasteiger partial charge < -0.3 is 19.4 Å². The molecule has 0 bridgehead atoms. The van der Waals surface area contributed by atoms with Crippen LogP contribution in [0.5, 0.6) is 0 Å². The van der Waals surface area contributed by atoms with Gasteiger partial charge in [0.05, 0.1) is 17.7 Å². The number of aromatic nitrogens is 1. The number of carbonyl (C=O) groups is 1. The van der Waals surface area contributed by atoms with Crippen molar-refractivity contribution in [2.24, 2.45) is 5.92 Å². The normalized spacial score (nSPS) is 33.7. The standard InChI is InChI=1S/C18H26N2O3/c1-22-18-7-6-14(23-12-13-4-5-13)11-16(18)20(10-8-18)17(21)15-3-2-9-19-15/h2-3,9,13-14,16,19H,4-8,10-12H2,1H3/t14-,16-,18+/m0/s1. The van der Waals surface area contributed by atoms with Crippen molar-refractivity contribution in [1.29, 1.82) is 0 Å². The fourth-order valence-electron chi connectivity index (χ4n) is 4.23. The predicted molar refractivity (Wildman–Crippen MR) is 86.3 cm³/mol. The monoisotopic (exact) mass is 318 g/mol. The second-order valence-corrected chi connectivity index (χ2v) is 7.29. The molecule has 0 unspecified atom stereocenters. The lowest BCUT2D eigenvalue weighted by Crippen LogP contribution is -2.53. The minimum atomic E-state index is -0.179. The van der Waals surface area contributed by atoms with E-state index in [9.17, 15) is 4.79 Å². The Hall–Kier alpha value is -1.33. The minimum Gasteiger partial charge on any atom is -0.378 e. The summed E-state index contributed by atoms with van der Waals surface area (Å²) < 4.78 is 12.0. The molecule has 126 valence electrons. The van der Waals surface area contributed by atoms with Crippen molar-refractivity contribution < 1.29 is 14.3 Å². The van der Waals surface area contributed by atoms with E-state index in [1.54, 1.807) is 13.3 Å². The first-order valence-corrected chi connectivity index (χ1v) is 8.83. The number of carbonyl (C=O) groups excluding carboxylic acids is 1. The summed E-state index contributed by atoms with van der Waals surface area (Å²) in [6.45, 7) is 1.66. The van der Waals surface area contributed by atoms with Crippen LogP contribution in [0.15, 0.2) is 18.3 Å². The molecule has 0 aromatic carbocycles. The van der Waals surface area contributed by atoms with E-state index in [-0.39, 0.29) is 23.7 Å². The van der Waals surface area contributed by atoms with Crippen molar-refractivity contribution in [3.63, 3.8) is 0 Å². The van der Waals surface area contributed by atoms with Gasteiger partial charge in [-0.05, 0) is 56.6 Å². The third kappa shape index (κ3) is 2.81. The summed E-state index contributed by atoms with van der Waals surface area (Å²) in [5.41, 5.74) is 0.486. The summed E-state index contributed by atoms with van der Waals surface area (Å²) in [6, 6.07) is 3.84. The summed E-state index contributed by atoms with van der Waals surface area (Å²) in [5, 5.41) is 0. The van der Waals surface area contributed by atoms with Gasteiger partial charge in [-0.25, -0.2) is 0 Å². The molecule has 1 aromatic rings. The maximum absolute atomic E-state index is 12.8. The molecule has 5 heteroatoms. The Morgan fingerprint density at radius 1 is 1.39 bits per heavy atom. The largest absolute Gasteiger partial charge is 0.378 e. The van der Waals surface area contributed by atoms with Gasteiger partial charge in [0.25, 0.3) is 5.91 Å². The molecule has 0 spiro atoms. The van der Waals surface area contributed by atoms with Crippen LogP contribution in [0.1, 0.15) is 49.0 Å². The number of H-pyrrole nitrogens is 1. The molecule has 2 heterocycles. The topological polar surface area (TPSA) is 54.6 Å². The van der Waals surface area contributed by atoms with Gasteiger partial charge in [-0.2, -0.15) is 0 Å². The molecule has 2 aliphatic carbocycles. The maximum Gasteiger partial charge on any atom is 0.270 e. The zero-order valence-corrected chi connectivity index (χ0v) is 13.8. The van der Waals surface area contributed by atoms with Crippen molar-refractivity contribution in [3.05, 3.63) is 24.0 Å². The molecule has 0 radical (unpaired) electrons. The van der Waals surface area contributed by atoms with Crippen LogP contribution >= 0.6 is 0 Å². The van der Waals surface area contributed by atoms with Gasteiger partial charge >= 0.3 is 0 Å². The van der Waals surface area contributed by atoms with Crippen LogP contribution in [-0.2, 0) is 9.47 Å². The number of hydrogen-bond donors (Lipinski definition) is 1. The van der Waals surface area contributed by atoms with E-state index >= 15 is 0 Å². The Morgan fingerprint density at radius 2 is 2.26 bits per heavy atom. The number of aromatic amines is 1. The zero-order chi connectivity index (χ0) is 15.9. The van der Waals surface area contributed by atoms with Gasteiger partial charge in [0.1, 0.15) is 5.69 Å². The summed E-state index contributed by atoms with van der Waals surface area (Å²) in [7, 11) is 1.79. The number of amides is 1. The van der Waals surface area contributed by atoms with Crippen molar-refractivity contribution in [3.8, 4) is 0 Å². The number of nitrogens with zero attached hydrogens (tertiary/aromatic N) is 1. The van der Waals surface area contributed by atoms with Crippen LogP contribution in [0.4, 0.5) is 0 Å². The number of fused-ring (bicyclic) bond motifs is 1. The second kappa shape index (κ2) is 5.95. The fourth-order valence-corrected chi connectivity index (χ4v) is 4.23. The van der Waals surface area contributed by atoms with E-state index in [2.05, 4.69) is 4.98 Å². The highest BCUT2D eigenvalue weighted by Crippen LogP contribution is 2.44. The van der Waals surface area contributed by atoms with Crippen LogP contribution < -0.4 is 0 Å². The van der Waals surface area contributed by atoms with Gasteiger partial charge in [0, 0.05) is 26.5 Å².